The van der Waals surface area contributed by atoms with E-state index in [1.165, 1.54) is 0 Å². The maximum atomic E-state index is 12.5. The Kier molecular flexibility index (Phi) is 5.26. The minimum atomic E-state index is -0.327. The molecule has 0 saturated heterocycles. The molecule has 1 aromatic heterocycles. The molecule has 0 bridgehead atoms. The summed E-state index contributed by atoms with van der Waals surface area (Å²) in [7, 11) is 1.69. The van der Waals surface area contributed by atoms with E-state index >= 15 is 0 Å². The number of likely N-dealkylation sites (N-methyl/N-ethyl adjacent to an activating group) is 1. The van der Waals surface area contributed by atoms with Crippen molar-refractivity contribution in [2.45, 2.75) is 20.0 Å². The molecule has 3 aromatic rings. The average Bonchev–Trinajstić information content (AvgIpc) is 2.66. The molecule has 1 amide bonds. The van der Waals surface area contributed by atoms with Crippen LogP contribution in [0.5, 0.6) is 5.75 Å². The zero-order valence-corrected chi connectivity index (χ0v) is 14.8. The lowest BCUT2D eigenvalue weighted by atomic mass is 10.2. The fraction of sp³-hybridized carbons (Fsp3) is 0.263. The highest BCUT2D eigenvalue weighted by molar-refractivity contribution is 5.78. The number of benzene rings is 2. The van der Waals surface area contributed by atoms with E-state index in [4.69, 9.17) is 4.74 Å². The molecule has 1 heterocycles. The minimum Gasteiger partial charge on any atom is -0.494 e. The van der Waals surface area contributed by atoms with Crippen LogP contribution in [0.25, 0.3) is 10.9 Å². The van der Waals surface area contributed by atoms with Gasteiger partial charge in [-0.15, -0.1) is 5.10 Å². The van der Waals surface area contributed by atoms with Crippen LogP contribution >= 0.6 is 0 Å². The van der Waals surface area contributed by atoms with Gasteiger partial charge in [0.15, 0.2) is 0 Å². The summed E-state index contributed by atoms with van der Waals surface area (Å²) in [5.74, 6) is 0.514. The fourth-order valence-electron chi connectivity index (χ4n) is 2.65. The van der Waals surface area contributed by atoms with Gasteiger partial charge in [-0.3, -0.25) is 9.59 Å². The lowest BCUT2D eigenvalue weighted by molar-refractivity contribution is -0.131. The third kappa shape index (κ3) is 3.72. The summed E-state index contributed by atoms with van der Waals surface area (Å²) in [5.41, 5.74) is 1.09. The molecule has 0 radical (unpaired) electrons. The van der Waals surface area contributed by atoms with Crippen molar-refractivity contribution >= 4 is 16.8 Å². The van der Waals surface area contributed by atoms with Crippen LogP contribution in [-0.4, -0.2) is 39.5 Å². The molecule has 3 rings (SSSR count). The Morgan fingerprint density at radius 3 is 2.69 bits per heavy atom. The third-order valence-corrected chi connectivity index (χ3v) is 4.02. The topological polar surface area (TPSA) is 77.3 Å². The fourth-order valence-corrected chi connectivity index (χ4v) is 2.65. The van der Waals surface area contributed by atoms with E-state index in [1.807, 2.05) is 31.2 Å². The maximum Gasteiger partial charge on any atom is 0.278 e. The number of ether oxygens (including phenoxy) is 1. The molecule has 7 heteroatoms. The quantitative estimate of drug-likeness (QED) is 0.677. The molecule has 2 aromatic carbocycles. The summed E-state index contributed by atoms with van der Waals surface area (Å²) < 4.78 is 6.68. The zero-order chi connectivity index (χ0) is 18.5. The highest BCUT2D eigenvalue weighted by Gasteiger charge is 2.15. The molecule has 26 heavy (non-hydrogen) atoms. The number of hydrogen-bond acceptors (Lipinski definition) is 5. The molecule has 0 fully saturated rings. The number of nitrogens with zero attached hydrogens (tertiary/aromatic N) is 4. The lowest BCUT2D eigenvalue weighted by Gasteiger charge is -2.19. The van der Waals surface area contributed by atoms with Crippen LogP contribution in [0.4, 0.5) is 0 Å². The van der Waals surface area contributed by atoms with Gasteiger partial charge in [0.25, 0.3) is 5.56 Å². The highest BCUT2D eigenvalue weighted by atomic mass is 16.5. The van der Waals surface area contributed by atoms with Crippen molar-refractivity contribution in [3.8, 4) is 5.75 Å². The summed E-state index contributed by atoms with van der Waals surface area (Å²) in [5, 5.41) is 8.31. The third-order valence-electron chi connectivity index (χ3n) is 4.02. The van der Waals surface area contributed by atoms with E-state index in [-0.39, 0.29) is 18.0 Å². The van der Waals surface area contributed by atoms with E-state index < -0.39 is 0 Å². The molecule has 0 N–H and O–H groups in total. The predicted molar refractivity (Wildman–Crippen MR) is 97.9 cm³/mol. The second kappa shape index (κ2) is 7.77. The number of aromatic nitrogens is 3. The van der Waals surface area contributed by atoms with Crippen LogP contribution < -0.4 is 10.3 Å². The number of carbonyl (C=O) groups excluding carboxylic acids is 1. The smallest absolute Gasteiger partial charge is 0.278 e. The molecule has 0 unspecified atom stereocenters. The molecule has 0 spiro atoms. The van der Waals surface area contributed by atoms with Gasteiger partial charge in [-0.2, -0.15) is 0 Å². The Hall–Kier alpha value is -3.22. The van der Waals surface area contributed by atoms with Crippen LogP contribution in [0, 0.1) is 0 Å². The highest BCUT2D eigenvalue weighted by Crippen LogP contribution is 2.19. The summed E-state index contributed by atoms with van der Waals surface area (Å²) in [6.45, 7) is 2.68. The first kappa shape index (κ1) is 17.6. The van der Waals surface area contributed by atoms with Gasteiger partial charge in [-0.05, 0) is 25.1 Å². The van der Waals surface area contributed by atoms with Crippen LogP contribution in [0.2, 0.25) is 0 Å². The molecular weight excluding hydrogens is 332 g/mol. The van der Waals surface area contributed by atoms with Crippen molar-refractivity contribution in [3.63, 3.8) is 0 Å². The summed E-state index contributed by atoms with van der Waals surface area (Å²) >= 11 is 0. The Morgan fingerprint density at radius 1 is 1.15 bits per heavy atom. The second-order valence-electron chi connectivity index (χ2n) is 5.86. The van der Waals surface area contributed by atoms with Crippen molar-refractivity contribution in [2.24, 2.45) is 0 Å². The number of hydrogen-bond donors (Lipinski definition) is 0. The molecular formula is C19H20N4O3. The predicted octanol–water partition coefficient (Wildman–Crippen LogP) is 1.85. The summed E-state index contributed by atoms with van der Waals surface area (Å²) in [6.07, 6.45) is 0. The number of amides is 1. The van der Waals surface area contributed by atoms with Crippen molar-refractivity contribution in [1.82, 2.24) is 19.9 Å². The molecule has 7 nitrogen and oxygen atoms in total. The first-order chi connectivity index (χ1) is 12.6. The number of para-hydroxylation sites is 1. The van der Waals surface area contributed by atoms with Crippen LogP contribution in [-0.2, 0) is 17.9 Å². The molecule has 0 aliphatic heterocycles. The van der Waals surface area contributed by atoms with E-state index in [0.29, 0.717) is 24.1 Å². The zero-order valence-electron chi connectivity index (χ0n) is 14.8. The van der Waals surface area contributed by atoms with Gasteiger partial charge >= 0.3 is 0 Å². The molecule has 0 aliphatic rings. The molecule has 134 valence electrons. The van der Waals surface area contributed by atoms with Gasteiger partial charge in [0, 0.05) is 19.2 Å². The van der Waals surface area contributed by atoms with Gasteiger partial charge in [-0.1, -0.05) is 35.5 Å². The molecule has 0 atom stereocenters. The van der Waals surface area contributed by atoms with Crippen molar-refractivity contribution in [3.05, 3.63) is 64.4 Å². The lowest BCUT2D eigenvalue weighted by Crippen LogP contribution is -2.35. The van der Waals surface area contributed by atoms with Gasteiger partial charge < -0.3 is 9.64 Å². The Balaban J connectivity index is 1.76. The summed E-state index contributed by atoms with van der Waals surface area (Å²) in [6, 6.07) is 14.5. The second-order valence-corrected chi connectivity index (χ2v) is 5.86. The SMILES string of the molecule is CCOc1ccccc1CN(C)C(=O)Cn1nnc2ccccc2c1=O. The van der Waals surface area contributed by atoms with Gasteiger partial charge in [0.05, 0.1) is 12.0 Å². The molecule has 0 saturated carbocycles. The standard InChI is InChI=1S/C19H20N4O3/c1-3-26-17-11-7-4-8-14(17)12-22(2)18(24)13-23-19(25)15-9-5-6-10-16(15)20-21-23/h4-11H,3,12-13H2,1-2H3. The largest absolute Gasteiger partial charge is 0.494 e. The van der Waals surface area contributed by atoms with E-state index in [9.17, 15) is 9.59 Å². The van der Waals surface area contributed by atoms with Crippen molar-refractivity contribution in [2.75, 3.05) is 13.7 Å². The number of rotatable bonds is 6. The van der Waals surface area contributed by atoms with Gasteiger partial charge in [0.2, 0.25) is 5.91 Å². The van der Waals surface area contributed by atoms with E-state index in [2.05, 4.69) is 10.3 Å². The maximum absolute atomic E-state index is 12.5. The van der Waals surface area contributed by atoms with Crippen molar-refractivity contribution < 1.29 is 9.53 Å². The van der Waals surface area contributed by atoms with Gasteiger partial charge in [0.1, 0.15) is 17.8 Å². The molecule has 0 aliphatic carbocycles. The van der Waals surface area contributed by atoms with E-state index in [1.54, 1.807) is 36.2 Å². The van der Waals surface area contributed by atoms with Crippen LogP contribution in [0.15, 0.2) is 53.3 Å². The normalized spacial score (nSPS) is 10.7. The Bertz CT molecular complexity index is 984. The average molecular weight is 352 g/mol. The van der Waals surface area contributed by atoms with Gasteiger partial charge in [-0.25, -0.2) is 4.68 Å². The van der Waals surface area contributed by atoms with Crippen LogP contribution in [0.3, 0.4) is 0 Å². The Labute approximate surface area is 150 Å². The first-order valence-electron chi connectivity index (χ1n) is 8.37. The first-order valence-corrected chi connectivity index (χ1v) is 8.37. The number of carbonyl (C=O) groups is 1. The monoisotopic (exact) mass is 352 g/mol. The minimum absolute atomic E-state index is 0.163. The van der Waals surface area contributed by atoms with E-state index in [0.717, 1.165) is 16.0 Å². The Morgan fingerprint density at radius 2 is 1.88 bits per heavy atom. The van der Waals surface area contributed by atoms with Crippen molar-refractivity contribution in [1.29, 1.82) is 0 Å². The number of fused-ring (bicyclic) bond motifs is 1. The van der Waals surface area contributed by atoms with Crippen LogP contribution in [0.1, 0.15) is 12.5 Å². The summed E-state index contributed by atoms with van der Waals surface area (Å²) in [4.78, 5) is 26.5.